The topological polar surface area (TPSA) is 61.4 Å². The number of hydrogen-bond acceptors (Lipinski definition) is 3. The van der Waals surface area contributed by atoms with E-state index >= 15 is 0 Å². The molecule has 1 atom stereocenters. The number of hydrogen-bond donors (Lipinski definition) is 2. The molecule has 0 bridgehead atoms. The van der Waals surface area contributed by atoms with Crippen molar-refractivity contribution in [3.63, 3.8) is 0 Å². The quantitative estimate of drug-likeness (QED) is 0.541. The number of carbonyl (C=O) groups is 2. The number of rotatable bonds is 3. The van der Waals surface area contributed by atoms with Crippen molar-refractivity contribution in [1.29, 1.82) is 0 Å². The third kappa shape index (κ3) is 3.16. The lowest BCUT2D eigenvalue weighted by atomic mass is 10.1. The SMILES string of the molecule is CCNC(=S)N1CCCC[C@H](NC=O)C1=O. The summed E-state index contributed by atoms with van der Waals surface area (Å²) in [7, 11) is 0. The molecule has 16 heavy (non-hydrogen) atoms. The van der Waals surface area contributed by atoms with Crippen LogP contribution in [0.25, 0.3) is 0 Å². The van der Waals surface area contributed by atoms with Gasteiger partial charge in [-0.2, -0.15) is 0 Å². The number of nitrogens with zero attached hydrogens (tertiary/aromatic N) is 1. The fourth-order valence-corrected chi connectivity index (χ4v) is 2.05. The lowest BCUT2D eigenvalue weighted by Gasteiger charge is -2.24. The normalized spacial score (nSPS) is 21.2. The summed E-state index contributed by atoms with van der Waals surface area (Å²) in [5.41, 5.74) is 0. The van der Waals surface area contributed by atoms with Crippen LogP contribution in [0.15, 0.2) is 0 Å². The van der Waals surface area contributed by atoms with Gasteiger partial charge in [-0.15, -0.1) is 0 Å². The summed E-state index contributed by atoms with van der Waals surface area (Å²) in [4.78, 5) is 24.0. The van der Waals surface area contributed by atoms with Crippen LogP contribution in [0.2, 0.25) is 0 Å². The molecule has 0 radical (unpaired) electrons. The molecule has 5 nitrogen and oxygen atoms in total. The number of amides is 2. The van der Waals surface area contributed by atoms with E-state index in [1.807, 2.05) is 6.92 Å². The Morgan fingerprint density at radius 2 is 2.38 bits per heavy atom. The Morgan fingerprint density at radius 1 is 1.62 bits per heavy atom. The Labute approximate surface area is 101 Å². The van der Waals surface area contributed by atoms with E-state index in [0.717, 1.165) is 12.8 Å². The van der Waals surface area contributed by atoms with Crippen molar-refractivity contribution in [2.24, 2.45) is 0 Å². The summed E-state index contributed by atoms with van der Waals surface area (Å²) in [6.07, 6.45) is 3.09. The summed E-state index contributed by atoms with van der Waals surface area (Å²) in [5.74, 6) is -0.115. The zero-order valence-electron chi connectivity index (χ0n) is 9.36. The molecule has 1 heterocycles. The summed E-state index contributed by atoms with van der Waals surface area (Å²) in [6, 6.07) is -0.434. The van der Waals surface area contributed by atoms with Crippen molar-refractivity contribution in [3.8, 4) is 0 Å². The Morgan fingerprint density at radius 3 is 3.00 bits per heavy atom. The summed E-state index contributed by atoms with van der Waals surface area (Å²) in [5, 5.41) is 5.95. The van der Waals surface area contributed by atoms with Gasteiger partial charge in [0, 0.05) is 13.1 Å². The molecular formula is C10H17N3O2S. The fraction of sp³-hybridized carbons (Fsp3) is 0.700. The highest BCUT2D eigenvalue weighted by molar-refractivity contribution is 7.80. The summed E-state index contributed by atoms with van der Waals surface area (Å²) in [6.45, 7) is 3.24. The number of thiocarbonyl (C=S) groups is 1. The van der Waals surface area contributed by atoms with E-state index in [1.165, 1.54) is 0 Å². The van der Waals surface area contributed by atoms with Crippen LogP contribution < -0.4 is 10.6 Å². The van der Waals surface area contributed by atoms with Crippen LogP contribution in [0, 0.1) is 0 Å². The maximum atomic E-state index is 12.0. The van der Waals surface area contributed by atoms with E-state index in [4.69, 9.17) is 12.2 Å². The van der Waals surface area contributed by atoms with E-state index in [-0.39, 0.29) is 5.91 Å². The highest BCUT2D eigenvalue weighted by Crippen LogP contribution is 2.12. The van der Waals surface area contributed by atoms with Gasteiger partial charge in [0.1, 0.15) is 6.04 Å². The molecule has 0 aromatic heterocycles. The molecule has 0 spiro atoms. The minimum absolute atomic E-state index is 0.115. The zero-order valence-corrected chi connectivity index (χ0v) is 10.2. The average Bonchev–Trinajstić information content (AvgIpc) is 2.43. The smallest absolute Gasteiger partial charge is 0.251 e. The van der Waals surface area contributed by atoms with Gasteiger partial charge in [0.2, 0.25) is 6.41 Å². The molecule has 6 heteroatoms. The lowest BCUT2D eigenvalue weighted by molar-refractivity contribution is -0.130. The van der Waals surface area contributed by atoms with Crippen LogP contribution in [-0.4, -0.2) is 41.5 Å². The van der Waals surface area contributed by atoms with Gasteiger partial charge in [-0.3, -0.25) is 14.5 Å². The third-order valence-corrected chi connectivity index (χ3v) is 2.90. The lowest BCUT2D eigenvalue weighted by Crippen LogP contribution is -2.50. The molecule has 1 rings (SSSR count). The summed E-state index contributed by atoms with van der Waals surface area (Å²) < 4.78 is 0. The highest BCUT2D eigenvalue weighted by atomic mass is 32.1. The maximum absolute atomic E-state index is 12.0. The van der Waals surface area contributed by atoms with Crippen LogP contribution in [0.3, 0.4) is 0 Å². The molecule has 1 aliphatic heterocycles. The molecule has 1 aliphatic rings. The van der Waals surface area contributed by atoms with Gasteiger partial charge < -0.3 is 10.6 Å². The highest BCUT2D eigenvalue weighted by Gasteiger charge is 2.28. The van der Waals surface area contributed by atoms with E-state index < -0.39 is 6.04 Å². The predicted octanol–water partition coefficient (Wildman–Crippen LogP) is 0.00790. The number of nitrogens with one attached hydrogen (secondary N) is 2. The second-order valence-electron chi connectivity index (χ2n) is 3.66. The van der Waals surface area contributed by atoms with Gasteiger partial charge >= 0.3 is 0 Å². The van der Waals surface area contributed by atoms with Gasteiger partial charge in [0.25, 0.3) is 5.91 Å². The first-order chi connectivity index (χ1) is 7.70. The monoisotopic (exact) mass is 243 g/mol. The number of likely N-dealkylation sites (tertiary alicyclic amines) is 1. The van der Waals surface area contributed by atoms with Gasteiger partial charge in [-0.05, 0) is 38.4 Å². The molecule has 0 aliphatic carbocycles. The molecule has 0 saturated carbocycles. The van der Waals surface area contributed by atoms with Gasteiger partial charge in [0.05, 0.1) is 0 Å². The van der Waals surface area contributed by atoms with Crippen molar-refractivity contribution in [3.05, 3.63) is 0 Å². The first-order valence-electron chi connectivity index (χ1n) is 5.49. The van der Waals surface area contributed by atoms with Crippen molar-refractivity contribution < 1.29 is 9.59 Å². The van der Waals surface area contributed by atoms with Crippen LogP contribution in [0.4, 0.5) is 0 Å². The molecule has 0 aromatic rings. The Bertz CT molecular complexity index is 283. The minimum Gasteiger partial charge on any atom is -0.362 e. The molecular weight excluding hydrogens is 226 g/mol. The molecule has 1 saturated heterocycles. The average molecular weight is 243 g/mol. The first kappa shape index (κ1) is 12.9. The number of carbonyl (C=O) groups excluding carboxylic acids is 2. The molecule has 90 valence electrons. The first-order valence-corrected chi connectivity index (χ1v) is 5.90. The zero-order chi connectivity index (χ0) is 12.0. The Kier molecular flexibility index (Phi) is 5.18. The fourth-order valence-electron chi connectivity index (χ4n) is 1.73. The maximum Gasteiger partial charge on any atom is 0.251 e. The molecule has 0 unspecified atom stereocenters. The Hall–Kier alpha value is -1.17. The van der Waals surface area contributed by atoms with Gasteiger partial charge in [-0.1, -0.05) is 0 Å². The van der Waals surface area contributed by atoms with Crippen LogP contribution in [-0.2, 0) is 9.59 Å². The van der Waals surface area contributed by atoms with Crippen molar-refractivity contribution in [2.75, 3.05) is 13.1 Å². The van der Waals surface area contributed by atoms with Crippen molar-refractivity contribution >= 4 is 29.6 Å². The molecule has 0 aromatic carbocycles. The van der Waals surface area contributed by atoms with Crippen molar-refractivity contribution in [1.82, 2.24) is 15.5 Å². The van der Waals surface area contributed by atoms with E-state index in [1.54, 1.807) is 4.90 Å². The van der Waals surface area contributed by atoms with Crippen LogP contribution in [0.5, 0.6) is 0 Å². The van der Waals surface area contributed by atoms with Gasteiger partial charge in [0.15, 0.2) is 5.11 Å². The Balaban J connectivity index is 2.70. The standard InChI is InChI=1S/C10H17N3O2S/c1-2-11-10(16)13-6-4-3-5-8(9(13)15)12-7-14/h7-8H,2-6H2,1H3,(H,11,16)(H,12,14)/t8-/m0/s1. The van der Waals surface area contributed by atoms with E-state index in [2.05, 4.69) is 10.6 Å². The third-order valence-electron chi connectivity index (χ3n) is 2.53. The van der Waals surface area contributed by atoms with Crippen LogP contribution in [0.1, 0.15) is 26.2 Å². The molecule has 2 N–H and O–H groups in total. The van der Waals surface area contributed by atoms with Crippen molar-refractivity contribution in [2.45, 2.75) is 32.2 Å². The summed E-state index contributed by atoms with van der Waals surface area (Å²) >= 11 is 5.13. The second-order valence-corrected chi connectivity index (χ2v) is 4.04. The van der Waals surface area contributed by atoms with E-state index in [0.29, 0.717) is 31.0 Å². The van der Waals surface area contributed by atoms with E-state index in [9.17, 15) is 9.59 Å². The predicted molar refractivity (Wildman–Crippen MR) is 64.8 cm³/mol. The minimum atomic E-state index is -0.434. The second kappa shape index (κ2) is 6.42. The largest absolute Gasteiger partial charge is 0.362 e. The molecule has 1 fully saturated rings. The van der Waals surface area contributed by atoms with Crippen LogP contribution >= 0.6 is 12.2 Å². The molecule has 2 amide bonds. The van der Waals surface area contributed by atoms with Gasteiger partial charge in [-0.25, -0.2) is 0 Å².